The predicted molar refractivity (Wildman–Crippen MR) is 86.0 cm³/mol. The van der Waals surface area contributed by atoms with Gasteiger partial charge in [0.2, 0.25) is 5.91 Å². The van der Waals surface area contributed by atoms with Crippen molar-refractivity contribution >= 4 is 29.1 Å². The molecule has 0 bridgehead atoms. The summed E-state index contributed by atoms with van der Waals surface area (Å²) in [6.45, 7) is 0.422. The molecule has 3 rings (SSSR count). The van der Waals surface area contributed by atoms with Gasteiger partial charge in [0.15, 0.2) is 0 Å². The lowest BCUT2D eigenvalue weighted by atomic mass is 10.0. The zero-order valence-corrected chi connectivity index (χ0v) is 12.6. The number of amides is 2. The number of aryl methyl sites for hydroxylation is 1. The number of anilines is 1. The van der Waals surface area contributed by atoms with Gasteiger partial charge in [0.1, 0.15) is 0 Å². The maximum absolute atomic E-state index is 12.1. The highest BCUT2D eigenvalue weighted by Gasteiger charge is 2.15. The fourth-order valence-electron chi connectivity index (χ4n) is 2.47. The van der Waals surface area contributed by atoms with Gasteiger partial charge in [-0.1, -0.05) is 35.9 Å². The molecule has 4 nitrogen and oxygen atoms in total. The molecule has 1 aliphatic rings. The highest BCUT2D eigenvalue weighted by atomic mass is 35.5. The van der Waals surface area contributed by atoms with Crippen LogP contribution in [0.15, 0.2) is 42.5 Å². The number of hydrogen-bond acceptors (Lipinski definition) is 2. The molecule has 0 unspecified atom stereocenters. The lowest BCUT2D eigenvalue weighted by Crippen LogP contribution is -2.23. The number of fused-ring (bicyclic) bond motifs is 1. The Morgan fingerprint density at radius 3 is 2.82 bits per heavy atom. The second-order valence-electron chi connectivity index (χ2n) is 5.20. The first-order valence-corrected chi connectivity index (χ1v) is 7.45. The van der Waals surface area contributed by atoms with E-state index < -0.39 is 0 Å². The van der Waals surface area contributed by atoms with Crippen molar-refractivity contribution in [1.29, 1.82) is 0 Å². The van der Waals surface area contributed by atoms with Crippen LogP contribution in [0.5, 0.6) is 0 Å². The van der Waals surface area contributed by atoms with Gasteiger partial charge < -0.3 is 10.6 Å². The summed E-state index contributed by atoms with van der Waals surface area (Å²) in [5.41, 5.74) is 3.42. The van der Waals surface area contributed by atoms with Gasteiger partial charge in [0.25, 0.3) is 5.91 Å². The molecule has 2 aromatic carbocycles. The highest BCUT2D eigenvalue weighted by molar-refractivity contribution is 6.33. The van der Waals surface area contributed by atoms with Crippen LogP contribution in [0.3, 0.4) is 0 Å². The van der Waals surface area contributed by atoms with Gasteiger partial charge in [-0.3, -0.25) is 9.59 Å². The van der Waals surface area contributed by atoms with Crippen LogP contribution in [0.1, 0.15) is 27.9 Å². The summed E-state index contributed by atoms with van der Waals surface area (Å²) in [6.07, 6.45) is 1.23. The van der Waals surface area contributed by atoms with Crippen molar-refractivity contribution in [1.82, 2.24) is 5.32 Å². The molecule has 0 spiro atoms. The zero-order chi connectivity index (χ0) is 15.5. The lowest BCUT2D eigenvalue weighted by molar-refractivity contribution is -0.116. The number of hydrogen-bond donors (Lipinski definition) is 2. The van der Waals surface area contributed by atoms with Gasteiger partial charge in [-0.2, -0.15) is 0 Å². The monoisotopic (exact) mass is 314 g/mol. The zero-order valence-electron chi connectivity index (χ0n) is 11.9. The Kier molecular flexibility index (Phi) is 4.11. The molecule has 0 saturated carbocycles. The third-order valence-electron chi connectivity index (χ3n) is 3.64. The van der Waals surface area contributed by atoms with E-state index >= 15 is 0 Å². The Bertz CT molecular complexity index is 743. The maximum atomic E-state index is 12.1. The van der Waals surface area contributed by atoms with Gasteiger partial charge in [0, 0.05) is 18.7 Å². The molecule has 2 N–H and O–H groups in total. The van der Waals surface area contributed by atoms with Crippen LogP contribution in [0.4, 0.5) is 5.69 Å². The molecule has 2 aromatic rings. The van der Waals surface area contributed by atoms with E-state index in [4.69, 9.17) is 11.6 Å². The van der Waals surface area contributed by atoms with E-state index in [1.54, 1.807) is 24.3 Å². The van der Waals surface area contributed by atoms with Gasteiger partial charge in [0.05, 0.1) is 10.6 Å². The van der Waals surface area contributed by atoms with Crippen LogP contribution in [0.2, 0.25) is 5.02 Å². The first-order valence-electron chi connectivity index (χ1n) is 7.08. The van der Waals surface area contributed by atoms with Crippen molar-refractivity contribution in [2.75, 3.05) is 5.32 Å². The Balaban J connectivity index is 1.68. The molecular weight excluding hydrogens is 300 g/mol. The molecule has 22 heavy (non-hydrogen) atoms. The van der Waals surface area contributed by atoms with Crippen molar-refractivity contribution in [2.24, 2.45) is 0 Å². The van der Waals surface area contributed by atoms with Crippen LogP contribution in [-0.2, 0) is 17.8 Å². The molecular formula is C17H15ClN2O2. The number of nitrogens with one attached hydrogen (secondary N) is 2. The standard InChI is InChI=1S/C17H15ClN2O2/c18-14-4-2-1-3-13(14)17(22)19-10-11-5-7-15-12(9-11)6-8-16(21)20-15/h1-5,7,9H,6,8,10H2,(H,19,22)(H,20,21). The fourth-order valence-corrected chi connectivity index (χ4v) is 2.69. The summed E-state index contributed by atoms with van der Waals surface area (Å²) >= 11 is 6.01. The topological polar surface area (TPSA) is 58.2 Å². The molecule has 0 fully saturated rings. The molecule has 0 radical (unpaired) electrons. The molecule has 1 heterocycles. The fraction of sp³-hybridized carbons (Fsp3) is 0.176. The normalized spacial score (nSPS) is 13.2. The molecule has 1 aliphatic heterocycles. The van der Waals surface area contributed by atoms with Crippen LogP contribution in [-0.4, -0.2) is 11.8 Å². The molecule has 0 aromatic heterocycles. The first kappa shape index (κ1) is 14.6. The van der Waals surface area contributed by atoms with Crippen LogP contribution in [0, 0.1) is 0 Å². The lowest BCUT2D eigenvalue weighted by Gasteiger charge is -2.17. The summed E-state index contributed by atoms with van der Waals surface area (Å²) in [4.78, 5) is 23.5. The summed E-state index contributed by atoms with van der Waals surface area (Å²) in [5, 5.41) is 6.14. The summed E-state index contributed by atoms with van der Waals surface area (Å²) in [7, 11) is 0. The highest BCUT2D eigenvalue weighted by Crippen LogP contribution is 2.23. The van der Waals surface area contributed by atoms with E-state index in [1.165, 1.54) is 0 Å². The van der Waals surface area contributed by atoms with E-state index in [-0.39, 0.29) is 11.8 Å². The van der Waals surface area contributed by atoms with Crippen molar-refractivity contribution < 1.29 is 9.59 Å². The Hall–Kier alpha value is -2.33. The third-order valence-corrected chi connectivity index (χ3v) is 3.97. The number of benzene rings is 2. The average Bonchev–Trinajstić information content (AvgIpc) is 2.53. The Morgan fingerprint density at radius 1 is 1.18 bits per heavy atom. The molecule has 0 aliphatic carbocycles. The van der Waals surface area contributed by atoms with E-state index in [0.717, 1.165) is 23.2 Å². The van der Waals surface area contributed by atoms with E-state index in [1.807, 2.05) is 18.2 Å². The van der Waals surface area contributed by atoms with Crippen LogP contribution in [0.25, 0.3) is 0 Å². The molecule has 2 amide bonds. The quantitative estimate of drug-likeness (QED) is 0.914. The van der Waals surface area contributed by atoms with E-state index in [0.29, 0.717) is 23.6 Å². The average molecular weight is 315 g/mol. The van der Waals surface area contributed by atoms with Crippen molar-refractivity contribution in [3.05, 3.63) is 64.2 Å². The van der Waals surface area contributed by atoms with Crippen LogP contribution >= 0.6 is 11.6 Å². The second kappa shape index (κ2) is 6.20. The smallest absolute Gasteiger partial charge is 0.253 e. The number of rotatable bonds is 3. The predicted octanol–water partition coefficient (Wildman–Crippen LogP) is 3.15. The molecule has 5 heteroatoms. The summed E-state index contributed by atoms with van der Waals surface area (Å²) in [6, 6.07) is 12.7. The minimum absolute atomic E-state index is 0.0484. The minimum atomic E-state index is -0.198. The van der Waals surface area contributed by atoms with Gasteiger partial charge in [-0.05, 0) is 35.7 Å². The molecule has 112 valence electrons. The SMILES string of the molecule is O=C1CCc2cc(CNC(=O)c3ccccc3Cl)ccc2N1. The Morgan fingerprint density at radius 2 is 2.00 bits per heavy atom. The largest absolute Gasteiger partial charge is 0.348 e. The number of carbonyl (C=O) groups excluding carboxylic acids is 2. The van der Waals surface area contributed by atoms with E-state index in [2.05, 4.69) is 10.6 Å². The third kappa shape index (κ3) is 3.12. The number of halogens is 1. The van der Waals surface area contributed by atoms with Crippen molar-refractivity contribution in [2.45, 2.75) is 19.4 Å². The second-order valence-corrected chi connectivity index (χ2v) is 5.61. The van der Waals surface area contributed by atoms with Crippen molar-refractivity contribution in [3.8, 4) is 0 Å². The van der Waals surface area contributed by atoms with Gasteiger partial charge in [-0.15, -0.1) is 0 Å². The molecule has 0 saturated heterocycles. The van der Waals surface area contributed by atoms with Crippen LogP contribution < -0.4 is 10.6 Å². The number of carbonyl (C=O) groups is 2. The maximum Gasteiger partial charge on any atom is 0.253 e. The Labute approximate surface area is 133 Å². The minimum Gasteiger partial charge on any atom is -0.348 e. The first-order chi connectivity index (χ1) is 10.6. The van der Waals surface area contributed by atoms with Crippen molar-refractivity contribution in [3.63, 3.8) is 0 Å². The van der Waals surface area contributed by atoms with Gasteiger partial charge >= 0.3 is 0 Å². The van der Waals surface area contributed by atoms with E-state index in [9.17, 15) is 9.59 Å². The van der Waals surface area contributed by atoms with Gasteiger partial charge in [-0.25, -0.2) is 0 Å². The summed E-state index contributed by atoms with van der Waals surface area (Å²) < 4.78 is 0. The summed E-state index contributed by atoms with van der Waals surface area (Å²) in [5.74, 6) is -0.149. The molecule has 0 atom stereocenters.